The van der Waals surface area contributed by atoms with Gasteiger partial charge < -0.3 is 25.0 Å². The topological polar surface area (TPSA) is 58.1 Å². The van der Waals surface area contributed by atoms with Gasteiger partial charge in [-0.05, 0) is 44.7 Å². The van der Waals surface area contributed by atoms with Gasteiger partial charge in [0.2, 0.25) is 0 Å². The van der Waals surface area contributed by atoms with Crippen LogP contribution in [0.25, 0.3) is 0 Å². The number of benzene rings is 1. The van der Waals surface area contributed by atoms with Crippen LogP contribution in [0.1, 0.15) is 45.4 Å². The Kier molecular flexibility index (Phi) is 10.9. The third-order valence-electron chi connectivity index (χ3n) is 5.53. The van der Waals surface area contributed by atoms with Crippen molar-refractivity contribution in [3.63, 3.8) is 0 Å². The minimum atomic E-state index is 0. The van der Waals surface area contributed by atoms with E-state index in [0.717, 1.165) is 57.3 Å². The molecule has 1 aromatic rings. The molecule has 0 radical (unpaired) electrons. The van der Waals surface area contributed by atoms with Gasteiger partial charge in [0.15, 0.2) is 5.96 Å². The van der Waals surface area contributed by atoms with Gasteiger partial charge in [0.25, 0.3) is 0 Å². The minimum Gasteiger partial charge on any atom is -0.495 e. The Morgan fingerprint density at radius 2 is 2.00 bits per heavy atom. The molecule has 1 saturated heterocycles. The van der Waals surface area contributed by atoms with Crippen LogP contribution in [0.2, 0.25) is 0 Å². The van der Waals surface area contributed by atoms with Gasteiger partial charge in [-0.2, -0.15) is 0 Å². The number of anilines is 1. The van der Waals surface area contributed by atoms with Crippen LogP contribution >= 0.6 is 24.0 Å². The first-order valence-electron chi connectivity index (χ1n) is 10.8. The number of nitrogens with zero attached hydrogens (tertiary/aromatic N) is 2. The summed E-state index contributed by atoms with van der Waals surface area (Å²) in [5.74, 6) is 1.85. The highest BCUT2D eigenvalue weighted by atomic mass is 127. The molecule has 3 rings (SSSR count). The second-order valence-electron chi connectivity index (χ2n) is 7.64. The highest BCUT2D eigenvalue weighted by Gasteiger charge is 2.25. The van der Waals surface area contributed by atoms with Crippen LogP contribution in [0.4, 0.5) is 5.69 Å². The van der Waals surface area contributed by atoms with Gasteiger partial charge in [-0.3, -0.25) is 4.99 Å². The third-order valence-corrected chi connectivity index (χ3v) is 5.53. The molecule has 2 N–H and O–H groups in total. The molecule has 1 aromatic carbocycles. The van der Waals surface area contributed by atoms with E-state index >= 15 is 0 Å². The summed E-state index contributed by atoms with van der Waals surface area (Å²) in [7, 11) is 1.73. The van der Waals surface area contributed by atoms with E-state index in [-0.39, 0.29) is 24.0 Å². The number of hydrogen-bond acceptors (Lipinski definition) is 4. The van der Waals surface area contributed by atoms with Crippen LogP contribution in [-0.2, 0) is 4.74 Å². The molecule has 2 fully saturated rings. The molecule has 6 nitrogen and oxygen atoms in total. The zero-order chi connectivity index (χ0) is 19.6. The summed E-state index contributed by atoms with van der Waals surface area (Å²) in [6.07, 6.45) is 7.68. The lowest BCUT2D eigenvalue weighted by atomic mass is 10.2. The highest BCUT2D eigenvalue weighted by Crippen LogP contribution is 2.30. The molecule has 1 aliphatic carbocycles. The van der Waals surface area contributed by atoms with Crippen LogP contribution in [0.3, 0.4) is 0 Å². The predicted molar refractivity (Wildman–Crippen MR) is 131 cm³/mol. The van der Waals surface area contributed by atoms with E-state index < -0.39 is 0 Å². The first-order chi connectivity index (χ1) is 13.8. The molecule has 0 aromatic heterocycles. The largest absolute Gasteiger partial charge is 0.495 e. The Morgan fingerprint density at radius 3 is 2.76 bits per heavy atom. The molecular weight excluding hydrogens is 479 g/mol. The van der Waals surface area contributed by atoms with E-state index in [4.69, 9.17) is 14.5 Å². The van der Waals surface area contributed by atoms with Crippen molar-refractivity contribution in [3.8, 4) is 5.75 Å². The summed E-state index contributed by atoms with van der Waals surface area (Å²) in [5.41, 5.74) is 1.17. The molecular formula is C22H37IN4O2. The number of nitrogens with one attached hydrogen (secondary N) is 2. The number of para-hydroxylation sites is 2. The van der Waals surface area contributed by atoms with E-state index in [9.17, 15) is 0 Å². The normalized spacial score (nSPS) is 19.9. The van der Waals surface area contributed by atoms with Crippen molar-refractivity contribution >= 4 is 35.6 Å². The predicted octanol–water partition coefficient (Wildman–Crippen LogP) is 3.80. The number of methoxy groups -OCH3 is 1. The maximum Gasteiger partial charge on any atom is 0.191 e. The van der Waals surface area contributed by atoms with Crippen LogP contribution in [-0.4, -0.2) is 58.0 Å². The Balaban J connectivity index is 0.00000300. The van der Waals surface area contributed by atoms with E-state index in [0.29, 0.717) is 12.1 Å². The van der Waals surface area contributed by atoms with Crippen LogP contribution in [0, 0.1) is 0 Å². The number of halogens is 1. The molecule has 7 heteroatoms. The van der Waals surface area contributed by atoms with Gasteiger partial charge in [-0.25, -0.2) is 0 Å². The first-order valence-corrected chi connectivity index (χ1v) is 10.8. The number of hydrogen-bond donors (Lipinski definition) is 2. The summed E-state index contributed by atoms with van der Waals surface area (Å²) in [5, 5.41) is 6.98. The number of aliphatic imine (C=N–C) groups is 1. The van der Waals surface area contributed by atoms with Gasteiger partial charge >= 0.3 is 0 Å². The summed E-state index contributed by atoms with van der Waals surface area (Å²) in [4.78, 5) is 7.13. The van der Waals surface area contributed by atoms with Crippen molar-refractivity contribution < 1.29 is 9.47 Å². The summed E-state index contributed by atoms with van der Waals surface area (Å²) >= 11 is 0. The molecule has 1 aliphatic heterocycles. The van der Waals surface area contributed by atoms with Crippen molar-refractivity contribution in [3.05, 3.63) is 24.3 Å². The Morgan fingerprint density at radius 1 is 1.21 bits per heavy atom. The molecule has 1 heterocycles. The number of guanidine groups is 1. The molecule has 1 atom stereocenters. The smallest absolute Gasteiger partial charge is 0.191 e. The van der Waals surface area contributed by atoms with Crippen molar-refractivity contribution in [2.75, 3.05) is 44.8 Å². The molecule has 0 bridgehead atoms. The quantitative estimate of drug-likeness (QED) is 0.227. The number of ether oxygens (including phenoxy) is 2. The summed E-state index contributed by atoms with van der Waals surface area (Å²) in [6, 6.07) is 8.62. The third kappa shape index (κ3) is 7.51. The van der Waals surface area contributed by atoms with E-state index in [1.165, 1.54) is 31.4 Å². The first kappa shape index (κ1) is 24.1. The standard InChI is InChI=1S/C22H36N4O2.HI/c1-3-23-22(24-14-8-16-28-19-9-4-5-10-19)25-18-13-15-26(17-18)20-11-6-7-12-21(20)27-2;/h6-7,11-12,18-19H,3-5,8-10,13-17H2,1-2H3,(H2,23,24,25);1H. The average molecular weight is 516 g/mol. The SMILES string of the molecule is CCNC(=NCCCOC1CCCC1)NC1CCN(c2ccccc2OC)C1.I. The molecule has 164 valence electrons. The molecule has 2 aliphatic rings. The number of rotatable bonds is 9. The summed E-state index contributed by atoms with van der Waals surface area (Å²) < 4.78 is 11.4. The average Bonchev–Trinajstić information content (AvgIpc) is 3.40. The van der Waals surface area contributed by atoms with Crippen molar-refractivity contribution in [1.29, 1.82) is 0 Å². The lowest BCUT2D eigenvalue weighted by Gasteiger charge is -2.22. The minimum absolute atomic E-state index is 0. The van der Waals surface area contributed by atoms with Gasteiger partial charge in [0.05, 0.1) is 18.9 Å². The van der Waals surface area contributed by atoms with Gasteiger partial charge in [-0.15, -0.1) is 24.0 Å². The lowest BCUT2D eigenvalue weighted by molar-refractivity contribution is 0.0579. The molecule has 0 amide bonds. The molecule has 0 spiro atoms. The van der Waals surface area contributed by atoms with Crippen molar-refractivity contribution in [1.82, 2.24) is 10.6 Å². The van der Waals surface area contributed by atoms with Crippen molar-refractivity contribution in [2.45, 2.75) is 57.6 Å². The van der Waals surface area contributed by atoms with Crippen molar-refractivity contribution in [2.24, 2.45) is 4.99 Å². The van der Waals surface area contributed by atoms with E-state index in [1.54, 1.807) is 7.11 Å². The fourth-order valence-electron chi connectivity index (χ4n) is 4.06. The summed E-state index contributed by atoms with van der Waals surface area (Å²) in [6.45, 7) is 6.56. The monoisotopic (exact) mass is 516 g/mol. The fourth-order valence-corrected chi connectivity index (χ4v) is 4.06. The Bertz CT molecular complexity index is 623. The second-order valence-corrected chi connectivity index (χ2v) is 7.64. The Hall–Kier alpha value is -1.22. The Labute approximate surface area is 192 Å². The van der Waals surface area contributed by atoms with E-state index in [2.05, 4.69) is 34.6 Å². The van der Waals surface area contributed by atoms with Crippen LogP contribution in [0.15, 0.2) is 29.3 Å². The van der Waals surface area contributed by atoms with Gasteiger partial charge in [0, 0.05) is 38.8 Å². The lowest BCUT2D eigenvalue weighted by Crippen LogP contribution is -2.44. The van der Waals surface area contributed by atoms with E-state index in [1.807, 2.05) is 12.1 Å². The zero-order valence-electron chi connectivity index (χ0n) is 17.9. The zero-order valence-corrected chi connectivity index (χ0v) is 20.2. The van der Waals surface area contributed by atoms with Gasteiger partial charge in [-0.1, -0.05) is 25.0 Å². The van der Waals surface area contributed by atoms with Crippen LogP contribution < -0.4 is 20.3 Å². The maximum absolute atomic E-state index is 5.93. The molecule has 1 saturated carbocycles. The second kappa shape index (κ2) is 13.2. The fraction of sp³-hybridized carbons (Fsp3) is 0.682. The molecule has 29 heavy (non-hydrogen) atoms. The highest BCUT2D eigenvalue weighted by molar-refractivity contribution is 14.0. The van der Waals surface area contributed by atoms with Crippen LogP contribution in [0.5, 0.6) is 5.75 Å². The maximum atomic E-state index is 5.93. The molecule has 1 unspecified atom stereocenters. The van der Waals surface area contributed by atoms with Gasteiger partial charge in [0.1, 0.15) is 5.75 Å².